The molecule has 1 N–H and O–H groups in total. The lowest BCUT2D eigenvalue weighted by molar-refractivity contribution is -0.153. The molecule has 2 aliphatic rings. The molecule has 2 saturated heterocycles. The smallest absolute Gasteiger partial charge is 0.245 e. The van der Waals surface area contributed by atoms with Gasteiger partial charge in [0.25, 0.3) is 0 Å². The maximum Gasteiger partial charge on any atom is 0.245 e. The highest BCUT2D eigenvalue weighted by Gasteiger charge is 2.43. The number of amides is 2. The Morgan fingerprint density at radius 2 is 2.18 bits per heavy atom. The van der Waals surface area contributed by atoms with Gasteiger partial charge in [-0.3, -0.25) is 14.5 Å². The lowest BCUT2D eigenvalue weighted by Gasteiger charge is -2.45. The van der Waals surface area contributed by atoms with E-state index in [1.807, 2.05) is 0 Å². The third kappa shape index (κ3) is 3.17. The maximum absolute atomic E-state index is 12.6. The molecule has 3 heterocycles. The van der Waals surface area contributed by atoms with Gasteiger partial charge in [0.15, 0.2) is 0 Å². The van der Waals surface area contributed by atoms with E-state index in [-0.39, 0.29) is 23.9 Å². The molecule has 2 atom stereocenters. The Hall–Kier alpha value is -1.40. The molecule has 22 heavy (non-hydrogen) atoms. The van der Waals surface area contributed by atoms with Crippen LogP contribution in [-0.2, 0) is 16.1 Å². The number of nitrogens with zero attached hydrogens (tertiary/aromatic N) is 2. The van der Waals surface area contributed by atoms with Crippen LogP contribution in [-0.4, -0.2) is 53.3 Å². The van der Waals surface area contributed by atoms with Crippen molar-refractivity contribution in [3.63, 3.8) is 0 Å². The van der Waals surface area contributed by atoms with E-state index < -0.39 is 0 Å². The van der Waals surface area contributed by atoms with Crippen LogP contribution in [0.25, 0.3) is 0 Å². The van der Waals surface area contributed by atoms with Crippen molar-refractivity contribution >= 4 is 23.2 Å². The zero-order valence-corrected chi connectivity index (χ0v) is 13.9. The number of thiophene rings is 1. The highest BCUT2D eigenvalue weighted by molar-refractivity contribution is 7.07. The number of rotatable bonds is 4. The van der Waals surface area contributed by atoms with Crippen LogP contribution in [0.2, 0.25) is 0 Å². The second-order valence-electron chi connectivity index (χ2n) is 6.60. The molecule has 0 aliphatic carbocycles. The predicted octanol–water partition coefficient (Wildman–Crippen LogP) is 1.31. The van der Waals surface area contributed by atoms with Crippen molar-refractivity contribution < 1.29 is 9.59 Å². The van der Waals surface area contributed by atoms with E-state index in [0.717, 1.165) is 13.1 Å². The van der Waals surface area contributed by atoms with Crippen LogP contribution in [0.15, 0.2) is 16.8 Å². The number of hydrogen-bond acceptors (Lipinski definition) is 4. The molecule has 0 aromatic carbocycles. The highest BCUT2D eigenvalue weighted by Crippen LogP contribution is 2.21. The Balaban J connectivity index is 1.65. The first-order valence-electron chi connectivity index (χ1n) is 7.89. The van der Waals surface area contributed by atoms with Gasteiger partial charge < -0.3 is 10.2 Å². The van der Waals surface area contributed by atoms with E-state index in [4.69, 9.17) is 0 Å². The second kappa shape index (κ2) is 6.38. The van der Waals surface area contributed by atoms with Gasteiger partial charge in [0.1, 0.15) is 12.1 Å². The first kappa shape index (κ1) is 15.5. The van der Waals surface area contributed by atoms with Gasteiger partial charge in [0.2, 0.25) is 11.8 Å². The van der Waals surface area contributed by atoms with E-state index in [1.54, 1.807) is 16.2 Å². The molecular weight excluding hydrogens is 298 g/mol. The maximum atomic E-state index is 12.6. The average molecular weight is 321 g/mol. The summed E-state index contributed by atoms with van der Waals surface area (Å²) in [6.45, 7) is 7.11. The quantitative estimate of drug-likeness (QED) is 0.910. The van der Waals surface area contributed by atoms with Crippen molar-refractivity contribution in [2.75, 3.05) is 19.6 Å². The summed E-state index contributed by atoms with van der Waals surface area (Å²) < 4.78 is 0. The van der Waals surface area contributed by atoms with Gasteiger partial charge in [-0.1, -0.05) is 13.8 Å². The minimum absolute atomic E-state index is 0.000249. The van der Waals surface area contributed by atoms with Crippen molar-refractivity contribution in [1.82, 2.24) is 15.1 Å². The normalized spacial score (nSPS) is 26.2. The zero-order chi connectivity index (χ0) is 15.7. The second-order valence-corrected chi connectivity index (χ2v) is 7.38. The van der Waals surface area contributed by atoms with E-state index in [0.29, 0.717) is 25.4 Å². The monoisotopic (exact) mass is 321 g/mol. The van der Waals surface area contributed by atoms with Gasteiger partial charge in [-0.2, -0.15) is 11.3 Å². The highest BCUT2D eigenvalue weighted by atomic mass is 32.1. The van der Waals surface area contributed by atoms with Gasteiger partial charge in [0, 0.05) is 26.2 Å². The summed E-state index contributed by atoms with van der Waals surface area (Å²) in [6.07, 6.45) is 0.715. The molecule has 0 spiro atoms. The summed E-state index contributed by atoms with van der Waals surface area (Å²) in [7, 11) is 0. The van der Waals surface area contributed by atoms with Crippen LogP contribution in [0.1, 0.15) is 25.8 Å². The molecule has 2 aliphatic heterocycles. The molecule has 6 heteroatoms. The fraction of sp³-hybridized carbons (Fsp3) is 0.625. The van der Waals surface area contributed by atoms with Crippen LogP contribution in [0.5, 0.6) is 0 Å². The third-order valence-corrected chi connectivity index (χ3v) is 5.09. The summed E-state index contributed by atoms with van der Waals surface area (Å²) in [5.41, 5.74) is 1.28. The van der Waals surface area contributed by atoms with Crippen LogP contribution in [0, 0.1) is 5.92 Å². The van der Waals surface area contributed by atoms with E-state index in [1.165, 1.54) is 5.56 Å². The minimum atomic E-state index is -0.341. The molecule has 0 saturated carbocycles. The van der Waals surface area contributed by atoms with Crippen LogP contribution >= 0.6 is 11.3 Å². The fourth-order valence-electron chi connectivity index (χ4n) is 3.27. The molecule has 1 aromatic heterocycles. The number of nitrogens with one attached hydrogen (secondary N) is 1. The first-order chi connectivity index (χ1) is 10.5. The van der Waals surface area contributed by atoms with Crippen LogP contribution in [0.4, 0.5) is 0 Å². The number of piperazine rings is 2. The SMILES string of the molecule is CC(C)C[C@@H]1NC(=O)[C@H]2CN(Cc3ccsc3)CCN2C1=O. The van der Waals surface area contributed by atoms with Gasteiger partial charge in [-0.05, 0) is 34.7 Å². The number of hydrogen-bond donors (Lipinski definition) is 1. The molecule has 1 aromatic rings. The van der Waals surface area contributed by atoms with Crippen molar-refractivity contribution in [2.45, 2.75) is 38.9 Å². The van der Waals surface area contributed by atoms with Gasteiger partial charge in [-0.15, -0.1) is 0 Å². The summed E-state index contributed by atoms with van der Waals surface area (Å²) in [5.74, 6) is 0.486. The lowest BCUT2D eigenvalue weighted by atomic mass is 9.97. The Morgan fingerprint density at radius 3 is 2.86 bits per heavy atom. The van der Waals surface area contributed by atoms with Crippen molar-refractivity contribution in [1.29, 1.82) is 0 Å². The summed E-state index contributed by atoms with van der Waals surface area (Å²) in [4.78, 5) is 29.0. The fourth-order valence-corrected chi connectivity index (χ4v) is 3.93. The molecule has 0 radical (unpaired) electrons. The Morgan fingerprint density at radius 1 is 1.36 bits per heavy atom. The Bertz CT molecular complexity index is 544. The Labute approximate surface area is 135 Å². The van der Waals surface area contributed by atoms with Gasteiger partial charge >= 0.3 is 0 Å². The van der Waals surface area contributed by atoms with Crippen LogP contribution in [0.3, 0.4) is 0 Å². The van der Waals surface area contributed by atoms with E-state index >= 15 is 0 Å². The van der Waals surface area contributed by atoms with Gasteiger partial charge in [0.05, 0.1) is 0 Å². The van der Waals surface area contributed by atoms with Crippen molar-refractivity contribution in [3.8, 4) is 0 Å². The molecule has 2 fully saturated rings. The third-order valence-electron chi connectivity index (χ3n) is 4.36. The lowest BCUT2D eigenvalue weighted by Crippen LogP contribution is -2.69. The van der Waals surface area contributed by atoms with E-state index in [2.05, 4.69) is 40.9 Å². The molecule has 2 amide bonds. The molecule has 5 nitrogen and oxygen atoms in total. The first-order valence-corrected chi connectivity index (χ1v) is 8.83. The largest absolute Gasteiger partial charge is 0.342 e. The topological polar surface area (TPSA) is 52.7 Å². The number of fused-ring (bicyclic) bond motifs is 1. The molecular formula is C16H23N3O2S. The molecule has 0 unspecified atom stereocenters. The Kier molecular flexibility index (Phi) is 4.49. The number of carbonyl (C=O) groups excluding carboxylic acids is 2. The molecule has 3 rings (SSSR count). The van der Waals surface area contributed by atoms with E-state index in [9.17, 15) is 9.59 Å². The van der Waals surface area contributed by atoms with Crippen molar-refractivity contribution in [3.05, 3.63) is 22.4 Å². The molecule has 120 valence electrons. The van der Waals surface area contributed by atoms with Crippen molar-refractivity contribution in [2.24, 2.45) is 5.92 Å². The molecule has 0 bridgehead atoms. The number of carbonyl (C=O) groups is 2. The summed E-state index contributed by atoms with van der Waals surface area (Å²) in [5, 5.41) is 7.13. The summed E-state index contributed by atoms with van der Waals surface area (Å²) >= 11 is 1.69. The van der Waals surface area contributed by atoms with Gasteiger partial charge in [-0.25, -0.2) is 0 Å². The standard InChI is InChI=1S/C16H23N3O2S/c1-11(2)7-13-16(21)19-5-4-18(8-12-3-6-22-10-12)9-14(19)15(20)17-13/h3,6,10-11,13-14H,4-5,7-9H2,1-2H3,(H,17,20)/t13-,14+/m0/s1. The zero-order valence-electron chi connectivity index (χ0n) is 13.1. The summed E-state index contributed by atoms with van der Waals surface area (Å²) in [6, 6.07) is 1.44. The van der Waals surface area contributed by atoms with Crippen LogP contribution < -0.4 is 5.32 Å². The average Bonchev–Trinajstić information content (AvgIpc) is 2.97. The minimum Gasteiger partial charge on any atom is -0.342 e. The predicted molar refractivity (Wildman–Crippen MR) is 86.5 cm³/mol.